The molecule has 3 unspecified atom stereocenters. The molecule has 18 heavy (non-hydrogen) atoms. The van der Waals surface area contributed by atoms with E-state index in [4.69, 9.17) is 10.5 Å². The Hall–Kier alpha value is -0.970. The number of nitrogens with zero attached hydrogens (tertiary/aromatic N) is 2. The lowest BCUT2D eigenvalue weighted by molar-refractivity contribution is 0.0103. The van der Waals surface area contributed by atoms with Gasteiger partial charge in [0.15, 0.2) is 0 Å². The third-order valence-electron chi connectivity index (χ3n) is 3.66. The minimum absolute atomic E-state index is 0.0878. The second-order valence-electron chi connectivity index (χ2n) is 5.09. The van der Waals surface area contributed by atoms with Crippen molar-refractivity contribution in [3.63, 3.8) is 0 Å². The lowest BCUT2D eigenvalue weighted by atomic mass is 9.97. The van der Waals surface area contributed by atoms with Crippen LogP contribution in [-0.2, 0) is 4.74 Å². The molecule has 1 fully saturated rings. The van der Waals surface area contributed by atoms with Crippen LogP contribution in [0.3, 0.4) is 0 Å². The first-order valence-electron chi connectivity index (χ1n) is 6.64. The zero-order chi connectivity index (χ0) is 13.0. The lowest BCUT2D eigenvalue weighted by Gasteiger charge is -2.39. The van der Waals surface area contributed by atoms with Gasteiger partial charge in [-0.3, -0.25) is 9.88 Å². The van der Waals surface area contributed by atoms with Gasteiger partial charge >= 0.3 is 0 Å². The van der Waals surface area contributed by atoms with Crippen LogP contribution >= 0.6 is 0 Å². The normalized spacial score (nSPS) is 24.7. The Bertz CT molecular complexity index is 355. The van der Waals surface area contributed by atoms with Gasteiger partial charge in [-0.1, -0.05) is 6.07 Å². The van der Waals surface area contributed by atoms with Gasteiger partial charge < -0.3 is 10.5 Å². The highest BCUT2D eigenvalue weighted by atomic mass is 16.5. The molecule has 1 aromatic heterocycles. The molecule has 0 saturated carbocycles. The van der Waals surface area contributed by atoms with Crippen molar-refractivity contribution in [2.75, 3.05) is 20.2 Å². The van der Waals surface area contributed by atoms with Crippen LogP contribution in [0.5, 0.6) is 0 Å². The molecule has 1 aliphatic heterocycles. The van der Waals surface area contributed by atoms with Crippen LogP contribution in [0.4, 0.5) is 0 Å². The van der Waals surface area contributed by atoms with E-state index >= 15 is 0 Å². The molecule has 2 heterocycles. The van der Waals surface area contributed by atoms with E-state index in [0.29, 0.717) is 6.10 Å². The van der Waals surface area contributed by atoms with Gasteiger partial charge in [-0.15, -0.1) is 0 Å². The highest BCUT2D eigenvalue weighted by Gasteiger charge is 2.29. The second kappa shape index (κ2) is 6.27. The monoisotopic (exact) mass is 249 g/mol. The molecule has 0 bridgehead atoms. The third-order valence-corrected chi connectivity index (χ3v) is 3.66. The van der Waals surface area contributed by atoms with Gasteiger partial charge in [0, 0.05) is 32.1 Å². The molecule has 0 radical (unpaired) electrons. The van der Waals surface area contributed by atoms with E-state index < -0.39 is 0 Å². The summed E-state index contributed by atoms with van der Waals surface area (Å²) in [5, 5.41) is 0. The lowest BCUT2D eigenvalue weighted by Crippen LogP contribution is -2.46. The van der Waals surface area contributed by atoms with Crippen molar-refractivity contribution in [1.82, 2.24) is 9.88 Å². The van der Waals surface area contributed by atoms with Gasteiger partial charge in [0.2, 0.25) is 0 Å². The number of aromatic nitrogens is 1. The molecular formula is C14H23N3O. The molecule has 2 N–H and O–H groups in total. The van der Waals surface area contributed by atoms with Crippen molar-refractivity contribution in [3.05, 3.63) is 30.1 Å². The zero-order valence-electron chi connectivity index (χ0n) is 11.2. The van der Waals surface area contributed by atoms with Crippen LogP contribution in [0.1, 0.15) is 31.4 Å². The van der Waals surface area contributed by atoms with Crippen LogP contribution in [0.15, 0.2) is 24.5 Å². The molecule has 100 valence electrons. The Balaban J connectivity index is 2.15. The summed E-state index contributed by atoms with van der Waals surface area (Å²) in [4.78, 5) is 6.64. The van der Waals surface area contributed by atoms with E-state index in [1.165, 1.54) is 12.0 Å². The fourth-order valence-electron chi connectivity index (χ4n) is 2.81. The summed E-state index contributed by atoms with van der Waals surface area (Å²) in [5.74, 6) is 0. The molecule has 0 aliphatic carbocycles. The van der Waals surface area contributed by atoms with E-state index in [0.717, 1.165) is 19.5 Å². The smallest absolute Gasteiger partial charge is 0.0698 e. The second-order valence-corrected chi connectivity index (χ2v) is 5.09. The Morgan fingerprint density at radius 1 is 1.56 bits per heavy atom. The molecular weight excluding hydrogens is 226 g/mol. The summed E-state index contributed by atoms with van der Waals surface area (Å²) in [5.41, 5.74) is 7.37. The first-order valence-corrected chi connectivity index (χ1v) is 6.64. The highest BCUT2D eigenvalue weighted by Crippen LogP contribution is 2.27. The van der Waals surface area contributed by atoms with Crippen LogP contribution in [0.25, 0.3) is 0 Å². The van der Waals surface area contributed by atoms with E-state index in [1.807, 2.05) is 12.3 Å². The van der Waals surface area contributed by atoms with Gasteiger partial charge in [-0.05, 0) is 37.9 Å². The maximum Gasteiger partial charge on any atom is 0.0698 e. The first-order chi connectivity index (χ1) is 8.72. The molecule has 1 aromatic rings. The summed E-state index contributed by atoms with van der Waals surface area (Å²) in [7, 11) is 1.79. The Morgan fingerprint density at radius 2 is 2.39 bits per heavy atom. The maximum absolute atomic E-state index is 6.18. The Morgan fingerprint density at radius 3 is 3.00 bits per heavy atom. The topological polar surface area (TPSA) is 51.4 Å². The van der Waals surface area contributed by atoms with Crippen LogP contribution in [0.2, 0.25) is 0 Å². The minimum atomic E-state index is 0.0878. The average Bonchev–Trinajstić information content (AvgIpc) is 2.40. The quantitative estimate of drug-likeness (QED) is 0.880. The predicted octanol–water partition coefficient (Wildman–Crippen LogP) is 1.58. The van der Waals surface area contributed by atoms with Crippen molar-refractivity contribution in [1.29, 1.82) is 0 Å². The van der Waals surface area contributed by atoms with Gasteiger partial charge in [0.05, 0.1) is 12.1 Å². The Labute approximate surface area is 109 Å². The fourth-order valence-corrected chi connectivity index (χ4v) is 2.81. The maximum atomic E-state index is 6.18. The third kappa shape index (κ3) is 3.07. The summed E-state index contributed by atoms with van der Waals surface area (Å²) in [6.07, 6.45) is 6.37. The van der Waals surface area contributed by atoms with Crippen LogP contribution < -0.4 is 5.73 Å². The number of methoxy groups -OCH3 is 1. The minimum Gasteiger partial charge on any atom is -0.380 e. The number of likely N-dealkylation sites (tertiary alicyclic amines) is 1. The van der Waals surface area contributed by atoms with Crippen LogP contribution in [0, 0.1) is 0 Å². The molecule has 0 amide bonds. The van der Waals surface area contributed by atoms with Gasteiger partial charge in [-0.2, -0.15) is 0 Å². The van der Waals surface area contributed by atoms with Crippen LogP contribution in [-0.4, -0.2) is 42.2 Å². The van der Waals surface area contributed by atoms with Crippen molar-refractivity contribution < 1.29 is 4.74 Å². The van der Waals surface area contributed by atoms with E-state index in [2.05, 4.69) is 22.9 Å². The van der Waals surface area contributed by atoms with Crippen molar-refractivity contribution in [2.24, 2.45) is 5.73 Å². The van der Waals surface area contributed by atoms with Gasteiger partial charge in [0.1, 0.15) is 0 Å². The molecule has 4 nitrogen and oxygen atoms in total. The summed E-state index contributed by atoms with van der Waals surface area (Å²) >= 11 is 0. The summed E-state index contributed by atoms with van der Waals surface area (Å²) < 4.78 is 5.49. The standard InChI is InChI=1S/C14H23N3O/c1-11(15)14(12-5-3-7-16-9-12)17-8-4-6-13(10-17)18-2/h3,5,7,9,11,13-14H,4,6,8,10,15H2,1-2H3. The largest absolute Gasteiger partial charge is 0.380 e. The number of piperidine rings is 1. The summed E-state index contributed by atoms with van der Waals surface area (Å²) in [6, 6.07) is 4.40. The first kappa shape index (κ1) is 13.5. The molecule has 3 atom stereocenters. The van der Waals surface area contributed by atoms with Gasteiger partial charge in [-0.25, -0.2) is 0 Å². The number of rotatable bonds is 4. The fraction of sp³-hybridized carbons (Fsp3) is 0.643. The molecule has 2 rings (SSSR count). The molecule has 0 spiro atoms. The number of hydrogen-bond acceptors (Lipinski definition) is 4. The SMILES string of the molecule is COC1CCCN(C(c2cccnc2)C(C)N)C1. The number of nitrogens with two attached hydrogens (primary N) is 1. The predicted molar refractivity (Wildman–Crippen MR) is 72.2 cm³/mol. The van der Waals surface area contributed by atoms with E-state index in [9.17, 15) is 0 Å². The summed E-state index contributed by atoms with van der Waals surface area (Å²) in [6.45, 7) is 4.10. The average molecular weight is 249 g/mol. The zero-order valence-corrected chi connectivity index (χ0v) is 11.2. The van der Waals surface area contributed by atoms with Crippen molar-refractivity contribution in [3.8, 4) is 0 Å². The van der Waals surface area contributed by atoms with E-state index in [-0.39, 0.29) is 12.1 Å². The molecule has 1 aliphatic rings. The highest BCUT2D eigenvalue weighted by molar-refractivity contribution is 5.16. The van der Waals surface area contributed by atoms with E-state index in [1.54, 1.807) is 13.3 Å². The number of pyridine rings is 1. The number of hydrogen-bond donors (Lipinski definition) is 1. The van der Waals surface area contributed by atoms with Crippen molar-refractivity contribution in [2.45, 2.75) is 38.0 Å². The number of ether oxygens (including phenoxy) is 1. The van der Waals surface area contributed by atoms with Gasteiger partial charge in [0.25, 0.3) is 0 Å². The molecule has 4 heteroatoms. The molecule has 0 aromatic carbocycles. The Kier molecular flexibility index (Phi) is 4.69. The molecule has 1 saturated heterocycles. The van der Waals surface area contributed by atoms with Crippen molar-refractivity contribution >= 4 is 0 Å².